The number of fused-ring (bicyclic) bond motifs is 1. The predicted molar refractivity (Wildman–Crippen MR) is 109 cm³/mol. The molecule has 3 N–H and O–H groups in total. The third-order valence-corrected chi connectivity index (χ3v) is 8.75. The number of carboxylic acid groups (broad SMARTS) is 1. The molecule has 172 valence electrons. The van der Waals surface area contributed by atoms with Crippen LogP contribution in [0.25, 0.3) is 0 Å². The molecular weight excluding hydrogens is 398 g/mol. The van der Waals surface area contributed by atoms with E-state index >= 15 is 0 Å². The molecule has 6 aliphatic rings. The molecule has 31 heavy (non-hydrogen) atoms. The quantitative estimate of drug-likeness (QED) is 0.673. The average Bonchev–Trinajstić information content (AvgIpc) is 3.25. The van der Waals surface area contributed by atoms with Crippen molar-refractivity contribution in [3.63, 3.8) is 0 Å². The standard InChI is InChI=1S/C23H35N3O5/c1-21(2,3)26(20(29)30)17(19(28)25-15-5-14(15)6-16(25)18(24)27)22-7-12-4-13(8-22)10-23(31,9-12)11-22/h12-17,31H,4-11H2,1-3H3,(H2,24,27)(H,29,30)/p-1/t12?,13?,14-,15-,16-,17?,22?,23?/m0/s1. The summed E-state index contributed by atoms with van der Waals surface area (Å²) in [6, 6.07) is -1.69. The van der Waals surface area contributed by atoms with Crippen LogP contribution in [0.5, 0.6) is 0 Å². The second-order valence-corrected chi connectivity index (χ2v) is 12.2. The van der Waals surface area contributed by atoms with Crippen LogP contribution in [-0.4, -0.2) is 62.1 Å². The Morgan fingerprint density at radius 2 is 1.71 bits per heavy atom. The normalized spacial score (nSPS) is 43.5. The Labute approximate surface area is 183 Å². The molecule has 1 saturated heterocycles. The fourth-order valence-corrected chi connectivity index (χ4v) is 8.19. The van der Waals surface area contributed by atoms with Crippen LogP contribution in [0.1, 0.15) is 72.1 Å². The Bertz CT molecular complexity index is 822. The molecular formula is C23H34N3O5-. The molecule has 0 aromatic rings. The minimum Gasteiger partial charge on any atom is -0.530 e. The SMILES string of the molecule is CC(C)(C)N(C(=O)[O-])C(C(=O)N1[C@H](C(N)=O)C[C@@H]2C[C@@H]21)C12CC3CC(CC(O)(C3)C1)C2. The number of primary amides is 1. The molecule has 4 bridgehead atoms. The minimum absolute atomic E-state index is 0.0342. The summed E-state index contributed by atoms with van der Waals surface area (Å²) in [7, 11) is 0. The molecule has 0 aromatic heterocycles. The number of piperidine rings is 1. The highest BCUT2D eigenvalue weighted by Gasteiger charge is 2.65. The molecule has 3 unspecified atom stereocenters. The first-order chi connectivity index (χ1) is 14.3. The summed E-state index contributed by atoms with van der Waals surface area (Å²) in [6.07, 6.45) is 4.38. The second kappa shape index (κ2) is 6.36. The second-order valence-electron chi connectivity index (χ2n) is 12.2. The van der Waals surface area contributed by atoms with Crippen LogP contribution < -0.4 is 10.8 Å². The number of hydrogen-bond acceptors (Lipinski definition) is 5. The zero-order valence-electron chi connectivity index (χ0n) is 18.7. The van der Waals surface area contributed by atoms with Crippen LogP contribution in [0, 0.1) is 23.2 Å². The molecule has 8 heteroatoms. The van der Waals surface area contributed by atoms with Gasteiger partial charge in [0.2, 0.25) is 11.8 Å². The minimum atomic E-state index is -1.38. The number of hydrogen-bond donors (Lipinski definition) is 2. The van der Waals surface area contributed by atoms with Crippen molar-refractivity contribution < 1.29 is 24.6 Å². The number of carbonyl (C=O) groups is 3. The monoisotopic (exact) mass is 432 g/mol. The van der Waals surface area contributed by atoms with E-state index in [1.165, 1.54) is 4.90 Å². The van der Waals surface area contributed by atoms with E-state index in [0.29, 0.717) is 24.7 Å². The maximum absolute atomic E-state index is 14.2. The van der Waals surface area contributed by atoms with Crippen LogP contribution in [-0.2, 0) is 9.59 Å². The summed E-state index contributed by atoms with van der Waals surface area (Å²) in [5.41, 5.74) is 3.30. The molecule has 1 aliphatic heterocycles. The molecule has 8 nitrogen and oxygen atoms in total. The van der Waals surface area contributed by atoms with Gasteiger partial charge in [-0.25, -0.2) is 0 Å². The van der Waals surface area contributed by atoms with Gasteiger partial charge in [-0.2, -0.15) is 0 Å². The van der Waals surface area contributed by atoms with E-state index in [-0.39, 0.29) is 17.9 Å². The van der Waals surface area contributed by atoms with Crippen molar-refractivity contribution in [2.45, 2.75) is 101 Å². The molecule has 0 aromatic carbocycles. The van der Waals surface area contributed by atoms with Crippen molar-refractivity contribution in [1.82, 2.24) is 9.80 Å². The van der Waals surface area contributed by atoms with E-state index < -0.39 is 40.6 Å². The van der Waals surface area contributed by atoms with Gasteiger partial charge in [0.1, 0.15) is 18.2 Å². The first-order valence-corrected chi connectivity index (χ1v) is 11.7. The van der Waals surface area contributed by atoms with Crippen LogP contribution in [0.3, 0.4) is 0 Å². The molecule has 0 spiro atoms. The predicted octanol–water partition coefficient (Wildman–Crippen LogP) is 0.605. The van der Waals surface area contributed by atoms with Crippen molar-refractivity contribution in [3.05, 3.63) is 0 Å². The van der Waals surface area contributed by atoms with Gasteiger partial charge in [0, 0.05) is 17.0 Å². The zero-order valence-corrected chi connectivity index (χ0v) is 18.7. The lowest BCUT2D eigenvalue weighted by Gasteiger charge is -2.64. The molecule has 6 atom stereocenters. The van der Waals surface area contributed by atoms with Gasteiger partial charge < -0.3 is 30.5 Å². The Morgan fingerprint density at radius 1 is 1.10 bits per heavy atom. The fraction of sp³-hybridized carbons (Fsp3) is 0.870. The highest BCUT2D eigenvalue weighted by atomic mass is 16.4. The highest BCUT2D eigenvalue weighted by Crippen LogP contribution is 2.64. The average molecular weight is 433 g/mol. The van der Waals surface area contributed by atoms with Crippen LogP contribution >= 0.6 is 0 Å². The van der Waals surface area contributed by atoms with E-state index in [0.717, 1.165) is 38.5 Å². The van der Waals surface area contributed by atoms with Gasteiger partial charge >= 0.3 is 0 Å². The van der Waals surface area contributed by atoms with E-state index in [2.05, 4.69) is 0 Å². The number of rotatable bonds is 4. The number of aliphatic hydroxyl groups is 1. The number of amides is 3. The van der Waals surface area contributed by atoms with Crippen LogP contribution in [0.15, 0.2) is 0 Å². The lowest BCUT2D eigenvalue weighted by atomic mass is 9.45. The first kappa shape index (κ1) is 21.0. The van der Waals surface area contributed by atoms with Crippen molar-refractivity contribution in [3.8, 4) is 0 Å². The summed E-state index contributed by atoms with van der Waals surface area (Å²) in [6.45, 7) is 5.31. The van der Waals surface area contributed by atoms with Crippen LogP contribution in [0.2, 0.25) is 0 Å². The molecule has 1 heterocycles. The fourth-order valence-electron chi connectivity index (χ4n) is 8.19. The van der Waals surface area contributed by atoms with E-state index in [9.17, 15) is 24.6 Å². The van der Waals surface area contributed by atoms with Crippen molar-refractivity contribution in [1.29, 1.82) is 0 Å². The van der Waals surface area contributed by atoms with Crippen LogP contribution in [0.4, 0.5) is 4.79 Å². The van der Waals surface area contributed by atoms with E-state index in [4.69, 9.17) is 5.73 Å². The highest BCUT2D eigenvalue weighted by molar-refractivity contribution is 5.92. The Hall–Kier alpha value is -1.83. The first-order valence-electron chi connectivity index (χ1n) is 11.7. The summed E-state index contributed by atoms with van der Waals surface area (Å²) in [4.78, 5) is 41.6. The number of nitrogens with zero attached hydrogens (tertiary/aromatic N) is 2. The molecule has 5 saturated carbocycles. The topological polar surface area (TPSA) is 127 Å². The number of likely N-dealkylation sites (tertiary alicyclic amines) is 1. The lowest BCUT2D eigenvalue weighted by Crippen LogP contribution is -2.71. The Kier molecular flexibility index (Phi) is 4.32. The van der Waals surface area contributed by atoms with Gasteiger partial charge in [-0.3, -0.25) is 9.59 Å². The summed E-state index contributed by atoms with van der Waals surface area (Å²) < 4.78 is 0. The Balaban J connectivity index is 1.60. The zero-order chi connectivity index (χ0) is 22.5. The smallest absolute Gasteiger partial charge is 0.246 e. The lowest BCUT2D eigenvalue weighted by molar-refractivity contribution is -0.281. The van der Waals surface area contributed by atoms with Gasteiger partial charge in [-0.15, -0.1) is 0 Å². The van der Waals surface area contributed by atoms with Crippen molar-refractivity contribution in [2.24, 2.45) is 28.9 Å². The molecule has 0 radical (unpaired) electrons. The summed E-state index contributed by atoms with van der Waals surface area (Å²) in [5.74, 6) is 0.0139. The number of nitrogens with two attached hydrogens (primary N) is 1. The third kappa shape index (κ3) is 3.16. The molecule has 6 fully saturated rings. The van der Waals surface area contributed by atoms with Gasteiger partial charge in [0.05, 0.1) is 5.60 Å². The van der Waals surface area contributed by atoms with Gasteiger partial charge in [0.15, 0.2) is 0 Å². The van der Waals surface area contributed by atoms with E-state index in [1.807, 2.05) is 0 Å². The van der Waals surface area contributed by atoms with Gasteiger partial charge in [-0.1, -0.05) is 0 Å². The van der Waals surface area contributed by atoms with Gasteiger partial charge in [-0.05, 0) is 89.9 Å². The summed E-state index contributed by atoms with van der Waals surface area (Å²) >= 11 is 0. The molecule has 5 aliphatic carbocycles. The van der Waals surface area contributed by atoms with E-state index in [1.54, 1.807) is 25.7 Å². The largest absolute Gasteiger partial charge is 0.530 e. The van der Waals surface area contributed by atoms with Crippen molar-refractivity contribution in [2.75, 3.05) is 0 Å². The molecule has 3 amide bonds. The molecule has 6 rings (SSSR count). The maximum Gasteiger partial charge on any atom is 0.246 e. The maximum atomic E-state index is 14.2. The summed E-state index contributed by atoms with van der Waals surface area (Å²) in [5, 5.41) is 23.8. The Morgan fingerprint density at radius 3 is 2.19 bits per heavy atom. The number of carbonyl (C=O) groups excluding carboxylic acids is 3. The van der Waals surface area contributed by atoms with Crippen molar-refractivity contribution >= 4 is 17.9 Å². The van der Waals surface area contributed by atoms with Gasteiger partial charge in [0.25, 0.3) is 0 Å². The third-order valence-electron chi connectivity index (χ3n) is 8.75.